The Bertz CT molecular complexity index is 347. The molecule has 7 heteroatoms. The zero-order chi connectivity index (χ0) is 10.7. The lowest BCUT2D eigenvalue weighted by Gasteiger charge is -2.06. The number of hydrogen-bond acceptors (Lipinski definition) is 4. The minimum Gasteiger partial charge on any atom is -0.415 e. The Labute approximate surface area is 105 Å². The maximum atomic E-state index is 10.9. The van der Waals surface area contributed by atoms with Crippen molar-refractivity contribution in [1.82, 2.24) is 0 Å². The molecule has 0 aliphatic heterocycles. The fourth-order valence-electron chi connectivity index (χ4n) is 0.728. The predicted molar refractivity (Wildman–Crippen MR) is 64.1 cm³/mol. The van der Waals surface area contributed by atoms with E-state index in [0.29, 0.717) is 15.8 Å². The molecule has 0 spiro atoms. The maximum absolute atomic E-state index is 10.9. The van der Waals surface area contributed by atoms with E-state index in [1.54, 1.807) is 0 Å². The highest BCUT2D eigenvalue weighted by atomic mass is 35.5. The number of halogens is 3. The molecule has 76 valence electrons. The smallest absolute Gasteiger partial charge is 0.383 e. The quantitative estimate of drug-likeness (QED) is 0.460. The van der Waals surface area contributed by atoms with Crippen LogP contribution in [-0.2, 0) is 0 Å². The zero-order valence-electron chi connectivity index (χ0n) is 6.46. The predicted octanol–water partition coefficient (Wildman–Crippen LogP) is 4.72. The Balaban J connectivity index is 3.02. The average Bonchev–Trinajstić information content (AvgIpc) is 2.10. The molecule has 2 nitrogen and oxygen atoms in total. The van der Waals surface area contributed by atoms with Crippen LogP contribution in [0.15, 0.2) is 12.1 Å². The third-order valence-electron chi connectivity index (χ3n) is 1.22. The van der Waals surface area contributed by atoms with Crippen molar-refractivity contribution in [3.63, 3.8) is 0 Å². The second kappa shape index (κ2) is 5.37. The van der Waals surface area contributed by atoms with Gasteiger partial charge in [0.05, 0.1) is 10.0 Å². The maximum Gasteiger partial charge on any atom is 0.383 e. The normalized spacial score (nSPS) is 10.0. The number of hydrogen-bond donors (Lipinski definition) is 1. The van der Waals surface area contributed by atoms with E-state index in [1.807, 2.05) is 0 Å². The van der Waals surface area contributed by atoms with Crippen molar-refractivity contribution in [3.8, 4) is 5.75 Å². The topological polar surface area (TPSA) is 26.3 Å². The molecule has 0 aliphatic carbocycles. The number of carbonyl (C=O) groups excluding carboxylic acids is 1. The lowest BCUT2D eigenvalue weighted by Crippen LogP contribution is -1.99. The summed E-state index contributed by atoms with van der Waals surface area (Å²) in [5, 5.41) is 0.120. The summed E-state index contributed by atoms with van der Waals surface area (Å²) in [6, 6.07) is 2.86. The molecule has 0 bridgehead atoms. The van der Waals surface area contributed by atoms with Crippen LogP contribution >= 0.6 is 57.3 Å². The van der Waals surface area contributed by atoms with Gasteiger partial charge in [0.1, 0.15) is 0 Å². The molecule has 1 aromatic carbocycles. The lowest BCUT2D eigenvalue weighted by molar-refractivity contribution is 0.227. The summed E-state index contributed by atoms with van der Waals surface area (Å²) >= 11 is 20.8. The number of thiol groups is 1. The minimum atomic E-state index is -0.612. The fourth-order valence-corrected chi connectivity index (χ4v) is 1.85. The van der Waals surface area contributed by atoms with Crippen LogP contribution in [0.25, 0.3) is 0 Å². The molecule has 0 saturated carbocycles. The first-order valence-electron chi connectivity index (χ1n) is 3.22. The van der Waals surface area contributed by atoms with E-state index in [2.05, 4.69) is 11.7 Å². The second-order valence-corrected chi connectivity index (χ2v) is 4.46. The standard InChI is InChI=1S/C7H3Cl3O2S2/c8-3-1-4(9)6(5(10)2-3)12-7(11)14-13/h1-2,13H. The Morgan fingerprint density at radius 1 is 1.29 bits per heavy atom. The van der Waals surface area contributed by atoms with Crippen LogP contribution in [0.1, 0.15) is 0 Å². The van der Waals surface area contributed by atoms with Gasteiger partial charge in [-0.2, -0.15) is 0 Å². The van der Waals surface area contributed by atoms with Crippen LogP contribution < -0.4 is 4.74 Å². The summed E-state index contributed by atoms with van der Waals surface area (Å²) in [6.07, 6.45) is 0. The van der Waals surface area contributed by atoms with Gasteiger partial charge in [0.2, 0.25) is 0 Å². The first-order chi connectivity index (χ1) is 6.54. The highest BCUT2D eigenvalue weighted by Gasteiger charge is 2.12. The molecule has 0 radical (unpaired) electrons. The van der Waals surface area contributed by atoms with E-state index in [-0.39, 0.29) is 15.8 Å². The number of rotatable bonds is 1. The van der Waals surface area contributed by atoms with Gasteiger partial charge in [0, 0.05) is 15.8 Å². The first-order valence-corrected chi connectivity index (χ1v) is 6.22. The molecular weight excluding hydrogens is 287 g/mol. The fraction of sp³-hybridized carbons (Fsp3) is 0. The highest BCUT2D eigenvalue weighted by molar-refractivity contribution is 8.74. The van der Waals surface area contributed by atoms with Crippen molar-refractivity contribution < 1.29 is 9.53 Å². The van der Waals surface area contributed by atoms with Crippen LogP contribution in [-0.4, -0.2) is 5.30 Å². The van der Waals surface area contributed by atoms with E-state index < -0.39 is 5.30 Å². The summed E-state index contributed by atoms with van der Waals surface area (Å²) in [4.78, 5) is 10.9. The molecule has 1 aromatic rings. The van der Waals surface area contributed by atoms with Crippen molar-refractivity contribution in [2.24, 2.45) is 0 Å². The van der Waals surface area contributed by atoms with Gasteiger partial charge in [-0.3, -0.25) is 0 Å². The van der Waals surface area contributed by atoms with E-state index in [1.165, 1.54) is 12.1 Å². The van der Waals surface area contributed by atoms with Crippen molar-refractivity contribution in [2.45, 2.75) is 0 Å². The molecule has 1 rings (SSSR count). The van der Waals surface area contributed by atoms with Gasteiger partial charge in [-0.25, -0.2) is 4.79 Å². The van der Waals surface area contributed by atoms with Gasteiger partial charge < -0.3 is 4.74 Å². The monoisotopic (exact) mass is 288 g/mol. The lowest BCUT2D eigenvalue weighted by atomic mass is 10.3. The molecule has 0 saturated heterocycles. The van der Waals surface area contributed by atoms with Crippen LogP contribution in [0.2, 0.25) is 15.1 Å². The molecule has 14 heavy (non-hydrogen) atoms. The molecule has 0 atom stereocenters. The molecule has 0 aromatic heterocycles. The number of ether oxygens (including phenoxy) is 1. The van der Waals surface area contributed by atoms with Crippen LogP contribution in [0.4, 0.5) is 4.79 Å². The molecule has 0 heterocycles. The van der Waals surface area contributed by atoms with Crippen LogP contribution in [0.3, 0.4) is 0 Å². The van der Waals surface area contributed by atoms with Gasteiger partial charge in [0.15, 0.2) is 5.75 Å². The molecule has 0 unspecified atom stereocenters. The highest BCUT2D eigenvalue weighted by Crippen LogP contribution is 2.36. The van der Waals surface area contributed by atoms with Crippen LogP contribution in [0, 0.1) is 0 Å². The third-order valence-corrected chi connectivity index (χ3v) is 2.68. The minimum absolute atomic E-state index is 0.0873. The summed E-state index contributed by atoms with van der Waals surface area (Å²) in [6.45, 7) is 0. The van der Waals surface area contributed by atoms with Gasteiger partial charge in [0.25, 0.3) is 0 Å². The van der Waals surface area contributed by atoms with Gasteiger partial charge >= 0.3 is 5.30 Å². The Kier molecular flexibility index (Phi) is 4.73. The summed E-state index contributed by atoms with van der Waals surface area (Å²) in [5.74, 6) is 0.0873. The first kappa shape index (κ1) is 12.3. The molecular formula is C7H3Cl3O2S2. The average molecular weight is 290 g/mol. The summed E-state index contributed by atoms with van der Waals surface area (Å²) in [7, 11) is 0.624. The Morgan fingerprint density at radius 3 is 2.21 bits per heavy atom. The van der Waals surface area contributed by atoms with Gasteiger partial charge in [-0.15, -0.1) is 0 Å². The molecule has 0 aliphatic rings. The number of benzene rings is 1. The molecule has 0 amide bonds. The van der Waals surface area contributed by atoms with E-state index in [0.717, 1.165) is 0 Å². The number of carbonyl (C=O) groups is 1. The van der Waals surface area contributed by atoms with Crippen molar-refractivity contribution in [2.75, 3.05) is 0 Å². The van der Waals surface area contributed by atoms with E-state index in [4.69, 9.17) is 39.5 Å². The Hall–Kier alpha value is 0.260. The third kappa shape index (κ3) is 3.14. The van der Waals surface area contributed by atoms with Crippen molar-refractivity contribution in [3.05, 3.63) is 27.2 Å². The van der Waals surface area contributed by atoms with Gasteiger partial charge in [-0.05, 0) is 12.1 Å². The second-order valence-electron chi connectivity index (χ2n) is 2.14. The van der Waals surface area contributed by atoms with Gasteiger partial charge in [-0.1, -0.05) is 46.5 Å². The summed E-state index contributed by atoms with van der Waals surface area (Å²) in [5.41, 5.74) is 0. The SMILES string of the molecule is O=C(Oc1c(Cl)cc(Cl)cc1Cl)SS. The Morgan fingerprint density at radius 2 is 1.79 bits per heavy atom. The molecule has 0 fully saturated rings. The van der Waals surface area contributed by atoms with Crippen LogP contribution in [0.5, 0.6) is 5.75 Å². The van der Waals surface area contributed by atoms with E-state index in [9.17, 15) is 4.79 Å². The zero-order valence-corrected chi connectivity index (χ0v) is 10.4. The largest absolute Gasteiger partial charge is 0.415 e. The summed E-state index contributed by atoms with van der Waals surface area (Å²) < 4.78 is 4.81. The van der Waals surface area contributed by atoms with Crippen molar-refractivity contribution in [1.29, 1.82) is 0 Å². The van der Waals surface area contributed by atoms with Crippen molar-refractivity contribution >= 4 is 62.6 Å². The van der Waals surface area contributed by atoms with E-state index >= 15 is 0 Å². The molecule has 0 N–H and O–H groups in total.